The van der Waals surface area contributed by atoms with Crippen molar-refractivity contribution in [2.24, 2.45) is 0 Å². The first kappa shape index (κ1) is 16.4. The standard InChI is InChI=1S/C17H17BrN4O2/c18-14-3-1-2-4-15(14)20-17(24)16-6-5-13(11-19-16)22-9-7-21(12-23)8-10-22/h1-6,11-12H,7-10H2,(H,20,24). The number of amides is 2. The van der Waals surface area contributed by atoms with E-state index >= 15 is 0 Å². The Morgan fingerprint density at radius 2 is 1.88 bits per heavy atom. The van der Waals surface area contributed by atoms with E-state index in [4.69, 9.17) is 0 Å². The van der Waals surface area contributed by atoms with Gasteiger partial charge in [-0.25, -0.2) is 4.98 Å². The van der Waals surface area contributed by atoms with E-state index in [0.29, 0.717) is 24.5 Å². The molecule has 0 unspecified atom stereocenters. The summed E-state index contributed by atoms with van der Waals surface area (Å²) in [5.74, 6) is -0.251. The van der Waals surface area contributed by atoms with Crippen LogP contribution in [-0.4, -0.2) is 48.4 Å². The highest BCUT2D eigenvalue weighted by molar-refractivity contribution is 9.10. The number of para-hydroxylation sites is 1. The summed E-state index contributed by atoms with van der Waals surface area (Å²) in [6, 6.07) is 11.0. The second-order valence-corrected chi connectivity index (χ2v) is 6.32. The lowest BCUT2D eigenvalue weighted by Crippen LogP contribution is -2.45. The molecular formula is C17H17BrN4O2. The van der Waals surface area contributed by atoms with Crippen LogP contribution < -0.4 is 10.2 Å². The third-order valence-corrected chi connectivity index (χ3v) is 4.62. The quantitative estimate of drug-likeness (QED) is 0.816. The van der Waals surface area contributed by atoms with Crippen LogP contribution in [0.3, 0.4) is 0 Å². The number of piperazine rings is 1. The number of rotatable bonds is 4. The van der Waals surface area contributed by atoms with Gasteiger partial charge in [0.05, 0.1) is 17.6 Å². The van der Waals surface area contributed by atoms with Crippen LogP contribution in [0.5, 0.6) is 0 Å². The molecule has 0 bridgehead atoms. The summed E-state index contributed by atoms with van der Waals surface area (Å²) in [4.78, 5) is 31.2. The average Bonchev–Trinajstić information content (AvgIpc) is 2.64. The fourth-order valence-corrected chi connectivity index (χ4v) is 2.93. The Morgan fingerprint density at radius 1 is 1.12 bits per heavy atom. The maximum Gasteiger partial charge on any atom is 0.274 e. The zero-order valence-corrected chi connectivity index (χ0v) is 14.6. The Bertz CT molecular complexity index is 728. The first-order chi connectivity index (χ1) is 11.7. The van der Waals surface area contributed by atoms with Gasteiger partial charge in [0.25, 0.3) is 5.91 Å². The second-order valence-electron chi connectivity index (χ2n) is 5.46. The van der Waals surface area contributed by atoms with E-state index in [-0.39, 0.29) is 5.91 Å². The molecule has 7 heteroatoms. The minimum absolute atomic E-state index is 0.251. The fraction of sp³-hybridized carbons (Fsp3) is 0.235. The van der Waals surface area contributed by atoms with Gasteiger partial charge in [-0.1, -0.05) is 12.1 Å². The summed E-state index contributed by atoms with van der Waals surface area (Å²) >= 11 is 3.40. The third-order valence-electron chi connectivity index (χ3n) is 3.93. The highest BCUT2D eigenvalue weighted by atomic mass is 79.9. The summed E-state index contributed by atoms with van der Waals surface area (Å²) in [5, 5.41) is 2.83. The smallest absolute Gasteiger partial charge is 0.274 e. The molecule has 1 aromatic heterocycles. The number of nitrogens with one attached hydrogen (secondary N) is 1. The van der Waals surface area contributed by atoms with Crippen molar-refractivity contribution in [3.05, 3.63) is 52.8 Å². The van der Waals surface area contributed by atoms with Crippen molar-refractivity contribution in [3.63, 3.8) is 0 Å². The van der Waals surface area contributed by atoms with Gasteiger partial charge in [-0.2, -0.15) is 0 Å². The van der Waals surface area contributed by atoms with E-state index in [1.807, 2.05) is 30.3 Å². The highest BCUT2D eigenvalue weighted by Gasteiger charge is 2.17. The van der Waals surface area contributed by atoms with Crippen LogP contribution in [0.2, 0.25) is 0 Å². The van der Waals surface area contributed by atoms with Crippen molar-refractivity contribution >= 4 is 39.6 Å². The summed E-state index contributed by atoms with van der Waals surface area (Å²) in [6.45, 7) is 2.94. The second kappa shape index (κ2) is 7.44. The molecule has 1 aromatic carbocycles. The van der Waals surface area contributed by atoms with Gasteiger partial charge in [-0.05, 0) is 40.2 Å². The molecule has 0 saturated carbocycles. The molecule has 2 aromatic rings. The number of carbonyl (C=O) groups is 2. The lowest BCUT2D eigenvalue weighted by molar-refractivity contribution is -0.118. The van der Waals surface area contributed by atoms with Gasteiger partial charge in [0, 0.05) is 30.7 Å². The van der Waals surface area contributed by atoms with E-state index in [1.54, 1.807) is 17.2 Å². The van der Waals surface area contributed by atoms with Crippen molar-refractivity contribution in [1.29, 1.82) is 0 Å². The van der Waals surface area contributed by atoms with Crippen molar-refractivity contribution in [2.75, 3.05) is 36.4 Å². The van der Waals surface area contributed by atoms with Gasteiger partial charge in [-0.15, -0.1) is 0 Å². The van der Waals surface area contributed by atoms with E-state index in [9.17, 15) is 9.59 Å². The Hall–Kier alpha value is -2.41. The number of benzene rings is 1. The lowest BCUT2D eigenvalue weighted by atomic mass is 10.2. The van der Waals surface area contributed by atoms with Crippen molar-refractivity contribution in [3.8, 4) is 0 Å². The molecule has 2 amide bonds. The Balaban J connectivity index is 1.65. The molecule has 0 radical (unpaired) electrons. The van der Waals surface area contributed by atoms with E-state index < -0.39 is 0 Å². The maximum atomic E-state index is 12.3. The van der Waals surface area contributed by atoms with Gasteiger partial charge in [0.1, 0.15) is 5.69 Å². The molecule has 1 N–H and O–H groups in total. The number of nitrogens with zero attached hydrogens (tertiary/aromatic N) is 3. The van der Waals surface area contributed by atoms with E-state index in [2.05, 4.69) is 31.1 Å². The zero-order chi connectivity index (χ0) is 16.9. The molecule has 2 heterocycles. The van der Waals surface area contributed by atoms with E-state index in [0.717, 1.165) is 29.7 Å². The van der Waals surface area contributed by atoms with Crippen molar-refractivity contribution in [2.45, 2.75) is 0 Å². The predicted octanol–water partition coefficient (Wildman–Crippen LogP) is 2.37. The van der Waals surface area contributed by atoms with Gasteiger partial charge in [0.15, 0.2) is 0 Å². The Morgan fingerprint density at radius 3 is 2.50 bits per heavy atom. The minimum Gasteiger partial charge on any atom is -0.367 e. The number of hydrogen-bond donors (Lipinski definition) is 1. The molecule has 1 saturated heterocycles. The molecular weight excluding hydrogens is 372 g/mol. The number of anilines is 2. The topological polar surface area (TPSA) is 65.5 Å². The number of halogens is 1. The molecule has 3 rings (SSSR count). The van der Waals surface area contributed by atoms with Crippen molar-refractivity contribution < 1.29 is 9.59 Å². The first-order valence-electron chi connectivity index (χ1n) is 7.63. The maximum absolute atomic E-state index is 12.3. The molecule has 1 aliphatic rings. The van der Waals surface area contributed by atoms with Crippen LogP contribution in [0.15, 0.2) is 47.1 Å². The van der Waals surface area contributed by atoms with Gasteiger partial charge in [0.2, 0.25) is 6.41 Å². The van der Waals surface area contributed by atoms with Crippen LogP contribution in [0.4, 0.5) is 11.4 Å². The van der Waals surface area contributed by atoms with Crippen LogP contribution in [0.1, 0.15) is 10.5 Å². The van der Waals surface area contributed by atoms with E-state index in [1.165, 1.54) is 0 Å². The molecule has 0 spiro atoms. The van der Waals surface area contributed by atoms with Gasteiger partial charge >= 0.3 is 0 Å². The molecule has 24 heavy (non-hydrogen) atoms. The van der Waals surface area contributed by atoms with Crippen LogP contribution >= 0.6 is 15.9 Å². The normalized spacial score (nSPS) is 14.4. The molecule has 6 nitrogen and oxygen atoms in total. The minimum atomic E-state index is -0.251. The summed E-state index contributed by atoms with van der Waals surface area (Å²) < 4.78 is 0.822. The van der Waals surface area contributed by atoms with Crippen LogP contribution in [0.25, 0.3) is 0 Å². The SMILES string of the molecule is O=CN1CCN(c2ccc(C(=O)Nc3ccccc3Br)nc2)CC1. The number of aromatic nitrogens is 1. The molecule has 1 fully saturated rings. The summed E-state index contributed by atoms with van der Waals surface area (Å²) in [6.07, 6.45) is 2.58. The summed E-state index contributed by atoms with van der Waals surface area (Å²) in [7, 11) is 0. The summed E-state index contributed by atoms with van der Waals surface area (Å²) in [5.41, 5.74) is 2.03. The fourth-order valence-electron chi connectivity index (χ4n) is 2.54. The largest absolute Gasteiger partial charge is 0.367 e. The monoisotopic (exact) mass is 388 g/mol. The Labute approximate surface area is 148 Å². The lowest BCUT2D eigenvalue weighted by Gasteiger charge is -2.33. The van der Waals surface area contributed by atoms with Crippen molar-refractivity contribution in [1.82, 2.24) is 9.88 Å². The average molecular weight is 389 g/mol. The predicted molar refractivity (Wildman–Crippen MR) is 96.2 cm³/mol. The van der Waals surface area contributed by atoms with Crippen LogP contribution in [0, 0.1) is 0 Å². The molecule has 0 aliphatic carbocycles. The third kappa shape index (κ3) is 3.73. The van der Waals surface area contributed by atoms with Gasteiger partial charge in [-0.3, -0.25) is 9.59 Å². The number of hydrogen-bond acceptors (Lipinski definition) is 4. The molecule has 124 valence electrons. The van der Waals surface area contributed by atoms with Crippen LogP contribution in [-0.2, 0) is 4.79 Å². The molecule has 1 aliphatic heterocycles. The number of carbonyl (C=O) groups excluding carboxylic acids is 2. The highest BCUT2D eigenvalue weighted by Crippen LogP contribution is 2.22. The first-order valence-corrected chi connectivity index (χ1v) is 8.43. The Kier molecular flexibility index (Phi) is 5.10. The zero-order valence-electron chi connectivity index (χ0n) is 13.0. The molecule has 0 atom stereocenters. The number of pyridine rings is 1. The van der Waals surface area contributed by atoms with Gasteiger partial charge < -0.3 is 15.1 Å².